The van der Waals surface area contributed by atoms with E-state index in [1.54, 1.807) is 0 Å². The molecule has 20 heavy (non-hydrogen) atoms. The second kappa shape index (κ2) is 5.40. The Bertz CT molecular complexity index is 487. The van der Waals surface area contributed by atoms with Crippen molar-refractivity contribution in [3.8, 4) is 0 Å². The van der Waals surface area contributed by atoms with E-state index in [1.807, 2.05) is 0 Å². The normalized spacial score (nSPS) is 15.3. The number of hydrogen-bond donors (Lipinski definition) is 2. The van der Waals surface area contributed by atoms with Gasteiger partial charge in [0.2, 0.25) is 5.60 Å². The first kappa shape index (κ1) is 17.6. The predicted molar refractivity (Wildman–Crippen MR) is 71.4 cm³/mol. The third-order valence-corrected chi connectivity index (χ3v) is 3.60. The lowest BCUT2D eigenvalue weighted by molar-refractivity contribution is -0.224. The maximum absolute atomic E-state index is 13.2. The summed E-state index contributed by atoms with van der Waals surface area (Å²) >= 11 is 9.29. The molecule has 2 N–H and O–H groups in total. The zero-order valence-corrected chi connectivity index (χ0v) is 12.1. The number of anilines is 1. The second-order valence-electron chi connectivity index (χ2n) is 4.25. The molecular formula is C11H10Cl3F4NO. The third-order valence-electron chi connectivity index (χ3n) is 3.05. The van der Waals surface area contributed by atoms with E-state index in [9.17, 15) is 22.7 Å². The van der Waals surface area contributed by atoms with Crippen LogP contribution in [0.5, 0.6) is 0 Å². The van der Waals surface area contributed by atoms with Crippen LogP contribution in [0.1, 0.15) is 11.1 Å². The van der Waals surface area contributed by atoms with Gasteiger partial charge in [-0.2, -0.15) is 17.6 Å². The Kier molecular flexibility index (Phi) is 4.76. The molecule has 0 atom stereocenters. The molecule has 0 amide bonds. The molecule has 2 rings (SSSR count). The van der Waals surface area contributed by atoms with Crippen molar-refractivity contribution < 1.29 is 22.7 Å². The second-order valence-corrected chi connectivity index (χ2v) is 5.20. The molecule has 9 heteroatoms. The van der Waals surface area contributed by atoms with E-state index in [2.05, 4.69) is 28.5 Å². The molecule has 0 unspecified atom stereocenters. The van der Waals surface area contributed by atoms with Gasteiger partial charge in [0, 0.05) is 12.2 Å². The molecular weight excluding hydrogens is 344 g/mol. The molecule has 114 valence electrons. The first-order valence-electron chi connectivity index (χ1n) is 5.30. The van der Waals surface area contributed by atoms with Gasteiger partial charge in [-0.05, 0) is 46.8 Å². The molecule has 0 aliphatic carbocycles. The first-order chi connectivity index (χ1) is 8.57. The summed E-state index contributed by atoms with van der Waals surface area (Å²) in [7, 11) is 0. The molecule has 0 bridgehead atoms. The van der Waals surface area contributed by atoms with Crippen LogP contribution in [-0.2, 0) is 12.0 Å². The Balaban J connectivity index is 0.00000200. The summed E-state index contributed by atoms with van der Waals surface area (Å²) in [6.07, 6.45) is 0.473. The fraction of sp³-hybridized carbons (Fsp3) is 0.455. The van der Waals surface area contributed by atoms with Gasteiger partial charge in [0.1, 0.15) is 0 Å². The van der Waals surface area contributed by atoms with Crippen molar-refractivity contribution in [2.45, 2.75) is 22.8 Å². The van der Waals surface area contributed by atoms with Crippen LogP contribution in [0.4, 0.5) is 23.2 Å². The number of fused-ring (bicyclic) bond motifs is 1. The number of rotatable bonds is 3. The molecule has 0 spiro atoms. The summed E-state index contributed by atoms with van der Waals surface area (Å²) in [6, 6.07) is 3.33. The highest BCUT2D eigenvalue weighted by Gasteiger charge is 2.68. The number of alkyl halides is 6. The molecule has 1 aromatic rings. The van der Waals surface area contributed by atoms with Crippen molar-refractivity contribution in [2.24, 2.45) is 0 Å². The first-order valence-corrected chi connectivity index (χ1v) is 6.06. The highest BCUT2D eigenvalue weighted by Crippen LogP contribution is 2.52. The SMILES string of the molecule is Cl.OC(c1ccc2c(c1)CCN2)(C(F)(F)Cl)C(F)(F)Cl. The van der Waals surface area contributed by atoms with Gasteiger partial charge in [0.05, 0.1) is 0 Å². The van der Waals surface area contributed by atoms with Crippen molar-refractivity contribution in [1.82, 2.24) is 0 Å². The van der Waals surface area contributed by atoms with E-state index in [4.69, 9.17) is 0 Å². The van der Waals surface area contributed by atoms with Gasteiger partial charge < -0.3 is 10.4 Å². The summed E-state index contributed by atoms with van der Waals surface area (Å²) in [6.45, 7) is 0.561. The molecule has 1 aliphatic heterocycles. The monoisotopic (exact) mass is 353 g/mol. The zero-order chi connectivity index (χ0) is 14.5. The van der Waals surface area contributed by atoms with Crippen LogP contribution in [0.2, 0.25) is 0 Å². The highest BCUT2D eigenvalue weighted by atomic mass is 35.5. The summed E-state index contributed by atoms with van der Waals surface area (Å²) in [5, 5.41) is 3.38. The summed E-state index contributed by atoms with van der Waals surface area (Å²) in [5.74, 6) is 0. The van der Waals surface area contributed by atoms with Crippen molar-refractivity contribution in [3.05, 3.63) is 29.3 Å². The lowest BCUT2D eigenvalue weighted by Gasteiger charge is -2.35. The minimum absolute atomic E-state index is 0. The van der Waals surface area contributed by atoms with Crippen LogP contribution in [0.3, 0.4) is 0 Å². The molecule has 0 radical (unpaired) electrons. The van der Waals surface area contributed by atoms with Gasteiger partial charge in [0.25, 0.3) is 0 Å². The predicted octanol–water partition coefficient (Wildman–Crippen LogP) is 3.93. The van der Waals surface area contributed by atoms with Crippen LogP contribution < -0.4 is 5.32 Å². The Morgan fingerprint density at radius 1 is 1.10 bits per heavy atom. The van der Waals surface area contributed by atoms with Gasteiger partial charge in [-0.25, -0.2) is 0 Å². The quantitative estimate of drug-likeness (QED) is 0.637. The largest absolute Gasteiger partial charge is 0.384 e. The zero-order valence-electron chi connectivity index (χ0n) is 9.77. The molecule has 0 saturated heterocycles. The van der Waals surface area contributed by atoms with E-state index in [-0.39, 0.29) is 12.4 Å². The Morgan fingerprint density at radius 3 is 2.15 bits per heavy atom. The van der Waals surface area contributed by atoms with E-state index < -0.39 is 21.9 Å². The fourth-order valence-electron chi connectivity index (χ4n) is 2.02. The Morgan fingerprint density at radius 2 is 1.65 bits per heavy atom. The molecule has 1 aliphatic rings. The lowest BCUT2D eigenvalue weighted by atomic mass is 9.92. The van der Waals surface area contributed by atoms with E-state index in [0.29, 0.717) is 24.2 Å². The van der Waals surface area contributed by atoms with E-state index >= 15 is 0 Å². The average molecular weight is 355 g/mol. The van der Waals surface area contributed by atoms with Crippen LogP contribution in [-0.4, -0.2) is 22.4 Å². The van der Waals surface area contributed by atoms with Crippen molar-refractivity contribution in [2.75, 3.05) is 11.9 Å². The standard InChI is InChI=1S/C11H9Cl2F4NO.ClH/c12-10(14,15)9(19,11(13,16)17)7-1-2-8-6(5-7)3-4-18-8;/h1-2,5,18-19H,3-4H2;1H. The Labute approximate surface area is 128 Å². The van der Waals surface area contributed by atoms with Crippen molar-refractivity contribution >= 4 is 41.3 Å². The number of halogens is 7. The van der Waals surface area contributed by atoms with E-state index in [0.717, 1.165) is 12.1 Å². The number of benzene rings is 1. The van der Waals surface area contributed by atoms with E-state index in [1.165, 1.54) is 6.07 Å². The molecule has 1 heterocycles. The third kappa shape index (κ3) is 2.66. The number of hydrogen-bond acceptors (Lipinski definition) is 2. The van der Waals surface area contributed by atoms with Crippen LogP contribution in [0.15, 0.2) is 18.2 Å². The maximum Gasteiger partial charge on any atom is 0.361 e. The minimum Gasteiger partial charge on any atom is -0.384 e. The summed E-state index contributed by atoms with van der Waals surface area (Å²) in [4.78, 5) is 0. The topological polar surface area (TPSA) is 32.3 Å². The molecule has 0 aromatic heterocycles. The number of aliphatic hydroxyl groups is 1. The van der Waals surface area contributed by atoms with Gasteiger partial charge in [0.15, 0.2) is 0 Å². The summed E-state index contributed by atoms with van der Waals surface area (Å²) < 4.78 is 53.0. The highest BCUT2D eigenvalue weighted by molar-refractivity contribution is 6.26. The van der Waals surface area contributed by atoms with Crippen LogP contribution in [0.25, 0.3) is 0 Å². The van der Waals surface area contributed by atoms with Gasteiger partial charge in [-0.15, -0.1) is 12.4 Å². The lowest BCUT2D eigenvalue weighted by Crippen LogP contribution is -2.52. The minimum atomic E-state index is -4.63. The number of nitrogens with one attached hydrogen (secondary N) is 1. The smallest absolute Gasteiger partial charge is 0.361 e. The molecule has 2 nitrogen and oxygen atoms in total. The van der Waals surface area contributed by atoms with Crippen LogP contribution >= 0.6 is 35.6 Å². The molecule has 1 aromatic carbocycles. The van der Waals surface area contributed by atoms with Gasteiger partial charge >= 0.3 is 10.8 Å². The van der Waals surface area contributed by atoms with Crippen LogP contribution in [0, 0.1) is 0 Å². The molecule has 0 fully saturated rings. The Hall–Kier alpha value is -0.430. The van der Waals surface area contributed by atoms with Crippen molar-refractivity contribution in [3.63, 3.8) is 0 Å². The molecule has 0 saturated carbocycles. The van der Waals surface area contributed by atoms with Crippen molar-refractivity contribution in [1.29, 1.82) is 0 Å². The van der Waals surface area contributed by atoms with Gasteiger partial charge in [-0.3, -0.25) is 0 Å². The fourth-order valence-corrected chi connectivity index (χ4v) is 2.52. The maximum atomic E-state index is 13.2. The average Bonchev–Trinajstić information content (AvgIpc) is 2.71. The summed E-state index contributed by atoms with van der Waals surface area (Å²) in [5.41, 5.74) is -3.53. The van der Waals surface area contributed by atoms with Gasteiger partial charge in [-0.1, -0.05) is 12.1 Å².